The highest BCUT2D eigenvalue weighted by Gasteiger charge is 2.21. The zero-order valence-electron chi connectivity index (χ0n) is 8.89. The Morgan fingerprint density at radius 3 is 2.46 bits per heavy atom. The summed E-state index contributed by atoms with van der Waals surface area (Å²) in [6, 6.07) is 0.851. The lowest BCUT2D eigenvalue weighted by Gasteiger charge is -2.32. The molecule has 0 aliphatic heterocycles. The Kier molecular flexibility index (Phi) is 3.26. The third-order valence-corrected chi connectivity index (χ3v) is 3.86. The van der Waals surface area contributed by atoms with Crippen molar-refractivity contribution < 1.29 is 0 Å². The van der Waals surface area contributed by atoms with Crippen LogP contribution in [-0.2, 0) is 0 Å². The van der Waals surface area contributed by atoms with E-state index < -0.39 is 0 Å². The maximum Gasteiger partial charge on any atom is 0.00697 e. The number of nitrogens with one attached hydrogen (secondary N) is 1. The van der Waals surface area contributed by atoms with Crippen molar-refractivity contribution in [2.24, 2.45) is 11.8 Å². The van der Waals surface area contributed by atoms with Crippen molar-refractivity contribution in [2.45, 2.75) is 57.9 Å². The van der Waals surface area contributed by atoms with Gasteiger partial charge in [-0.05, 0) is 44.1 Å². The molecule has 2 aliphatic carbocycles. The number of rotatable bonds is 3. The minimum Gasteiger partial charge on any atom is -0.314 e. The fourth-order valence-corrected chi connectivity index (χ4v) is 2.65. The number of hydrogen-bond acceptors (Lipinski definition) is 1. The van der Waals surface area contributed by atoms with Gasteiger partial charge in [0.25, 0.3) is 0 Å². The van der Waals surface area contributed by atoms with Gasteiger partial charge in [0, 0.05) is 6.04 Å². The van der Waals surface area contributed by atoms with Crippen LogP contribution in [0.25, 0.3) is 0 Å². The lowest BCUT2D eigenvalue weighted by molar-refractivity contribution is 0.249. The van der Waals surface area contributed by atoms with E-state index in [1.54, 1.807) is 0 Å². The van der Waals surface area contributed by atoms with Crippen molar-refractivity contribution in [3.05, 3.63) is 0 Å². The van der Waals surface area contributed by atoms with Gasteiger partial charge in [-0.2, -0.15) is 0 Å². The van der Waals surface area contributed by atoms with Crippen molar-refractivity contribution in [3.63, 3.8) is 0 Å². The summed E-state index contributed by atoms with van der Waals surface area (Å²) >= 11 is 0. The van der Waals surface area contributed by atoms with Gasteiger partial charge in [0.2, 0.25) is 0 Å². The van der Waals surface area contributed by atoms with Crippen molar-refractivity contribution in [1.29, 1.82) is 0 Å². The van der Waals surface area contributed by atoms with E-state index >= 15 is 0 Å². The Balaban J connectivity index is 1.62. The van der Waals surface area contributed by atoms with Gasteiger partial charge in [0.15, 0.2) is 0 Å². The second kappa shape index (κ2) is 4.45. The molecule has 0 aromatic rings. The van der Waals surface area contributed by atoms with E-state index in [4.69, 9.17) is 0 Å². The molecule has 2 fully saturated rings. The maximum absolute atomic E-state index is 3.75. The second-order valence-corrected chi connectivity index (χ2v) is 5.17. The molecule has 2 rings (SSSR count). The normalized spacial score (nSPS) is 35.8. The van der Waals surface area contributed by atoms with Crippen LogP contribution in [0.4, 0.5) is 0 Å². The monoisotopic (exact) mass is 181 g/mol. The van der Waals surface area contributed by atoms with Crippen LogP contribution in [0.15, 0.2) is 0 Å². The van der Waals surface area contributed by atoms with Gasteiger partial charge in [-0.1, -0.05) is 26.2 Å². The average Bonchev–Trinajstić information content (AvgIpc) is 2.01. The molecular formula is C12H23N. The molecule has 2 aliphatic rings. The Labute approximate surface area is 82.3 Å². The van der Waals surface area contributed by atoms with Crippen LogP contribution in [0.5, 0.6) is 0 Å². The summed E-state index contributed by atoms with van der Waals surface area (Å²) in [7, 11) is 0. The van der Waals surface area contributed by atoms with Crippen molar-refractivity contribution >= 4 is 0 Å². The van der Waals surface area contributed by atoms with Crippen LogP contribution in [0.2, 0.25) is 0 Å². The van der Waals surface area contributed by atoms with Gasteiger partial charge in [-0.15, -0.1) is 0 Å². The number of hydrogen-bond donors (Lipinski definition) is 1. The average molecular weight is 181 g/mol. The van der Waals surface area contributed by atoms with Gasteiger partial charge in [-0.3, -0.25) is 0 Å². The van der Waals surface area contributed by atoms with Gasteiger partial charge in [0.1, 0.15) is 0 Å². The highest BCUT2D eigenvalue weighted by molar-refractivity contribution is 4.79. The fraction of sp³-hybridized carbons (Fsp3) is 1.00. The molecule has 0 bridgehead atoms. The fourth-order valence-electron chi connectivity index (χ4n) is 2.65. The van der Waals surface area contributed by atoms with Gasteiger partial charge in [-0.25, -0.2) is 0 Å². The lowest BCUT2D eigenvalue weighted by Crippen LogP contribution is -2.38. The third kappa shape index (κ3) is 2.70. The molecule has 0 aromatic carbocycles. The summed E-state index contributed by atoms with van der Waals surface area (Å²) in [6.07, 6.45) is 10.2. The molecule has 13 heavy (non-hydrogen) atoms. The molecule has 76 valence electrons. The largest absolute Gasteiger partial charge is 0.314 e. The Hall–Kier alpha value is -0.0400. The van der Waals surface area contributed by atoms with Crippen LogP contribution >= 0.6 is 0 Å². The Bertz CT molecular complexity index is 151. The first-order chi connectivity index (χ1) is 6.34. The Morgan fingerprint density at radius 1 is 1.08 bits per heavy atom. The van der Waals surface area contributed by atoms with Crippen LogP contribution in [0, 0.1) is 11.8 Å². The zero-order chi connectivity index (χ0) is 9.10. The van der Waals surface area contributed by atoms with Gasteiger partial charge < -0.3 is 5.32 Å². The second-order valence-electron chi connectivity index (χ2n) is 5.17. The molecule has 0 aromatic heterocycles. The summed E-state index contributed by atoms with van der Waals surface area (Å²) < 4.78 is 0. The van der Waals surface area contributed by atoms with E-state index in [0.29, 0.717) is 0 Å². The topological polar surface area (TPSA) is 12.0 Å². The van der Waals surface area contributed by atoms with Gasteiger partial charge >= 0.3 is 0 Å². The molecule has 0 spiro atoms. The van der Waals surface area contributed by atoms with E-state index in [-0.39, 0.29) is 0 Å². The summed E-state index contributed by atoms with van der Waals surface area (Å²) in [5.74, 6) is 1.99. The smallest absolute Gasteiger partial charge is 0.00697 e. The van der Waals surface area contributed by atoms with Crippen LogP contribution < -0.4 is 5.32 Å². The van der Waals surface area contributed by atoms with Crippen molar-refractivity contribution in [3.8, 4) is 0 Å². The molecule has 0 amide bonds. The highest BCUT2D eigenvalue weighted by Crippen LogP contribution is 2.27. The third-order valence-electron chi connectivity index (χ3n) is 3.86. The molecule has 1 N–H and O–H groups in total. The minimum atomic E-state index is 0.851. The SMILES string of the molecule is CC1CCCC(NCC2CCC2)C1. The molecule has 1 nitrogen and oxygen atoms in total. The minimum absolute atomic E-state index is 0.851. The maximum atomic E-state index is 3.75. The van der Waals surface area contributed by atoms with Gasteiger partial charge in [0.05, 0.1) is 0 Å². The molecule has 2 saturated carbocycles. The summed E-state index contributed by atoms with van der Waals surface area (Å²) in [4.78, 5) is 0. The van der Waals surface area contributed by atoms with E-state index in [1.165, 1.54) is 51.5 Å². The molecule has 2 atom stereocenters. The first-order valence-electron chi connectivity index (χ1n) is 6.08. The molecule has 2 unspecified atom stereocenters. The van der Waals surface area contributed by atoms with Crippen LogP contribution in [-0.4, -0.2) is 12.6 Å². The molecule has 0 heterocycles. The van der Waals surface area contributed by atoms with Crippen LogP contribution in [0.3, 0.4) is 0 Å². The first kappa shape index (κ1) is 9.51. The lowest BCUT2D eigenvalue weighted by atomic mass is 9.83. The predicted octanol–water partition coefficient (Wildman–Crippen LogP) is 2.95. The zero-order valence-corrected chi connectivity index (χ0v) is 8.89. The van der Waals surface area contributed by atoms with Crippen LogP contribution in [0.1, 0.15) is 51.9 Å². The van der Waals surface area contributed by atoms with E-state index in [0.717, 1.165) is 17.9 Å². The van der Waals surface area contributed by atoms with E-state index in [2.05, 4.69) is 12.2 Å². The molecular weight excluding hydrogens is 158 g/mol. The standard InChI is InChI=1S/C12H23N/c1-10-4-2-7-12(8-10)13-9-11-5-3-6-11/h10-13H,2-9H2,1H3. The van der Waals surface area contributed by atoms with E-state index in [1.807, 2.05) is 0 Å². The highest BCUT2D eigenvalue weighted by atomic mass is 14.9. The summed E-state index contributed by atoms with van der Waals surface area (Å²) in [5.41, 5.74) is 0. The van der Waals surface area contributed by atoms with E-state index in [9.17, 15) is 0 Å². The summed E-state index contributed by atoms with van der Waals surface area (Å²) in [5, 5.41) is 3.75. The molecule has 0 radical (unpaired) electrons. The molecule has 0 saturated heterocycles. The summed E-state index contributed by atoms with van der Waals surface area (Å²) in [6.45, 7) is 3.70. The predicted molar refractivity (Wildman–Crippen MR) is 56.8 cm³/mol. The van der Waals surface area contributed by atoms with Crippen molar-refractivity contribution in [2.75, 3.05) is 6.54 Å². The van der Waals surface area contributed by atoms with Crippen molar-refractivity contribution in [1.82, 2.24) is 5.32 Å². The Morgan fingerprint density at radius 2 is 1.85 bits per heavy atom. The molecule has 1 heteroatoms. The first-order valence-corrected chi connectivity index (χ1v) is 6.08. The quantitative estimate of drug-likeness (QED) is 0.706.